The van der Waals surface area contributed by atoms with Crippen LogP contribution in [0.25, 0.3) is 0 Å². The summed E-state index contributed by atoms with van der Waals surface area (Å²) in [5, 5.41) is 3.27. The third-order valence-electron chi connectivity index (χ3n) is 4.34. The monoisotopic (exact) mass is 392 g/mol. The second-order valence-corrected chi connectivity index (χ2v) is 7.36. The molecule has 0 atom stereocenters. The maximum atomic E-state index is 12.9. The average molecular weight is 393 g/mol. The Morgan fingerprint density at radius 3 is 2.41 bits per heavy atom. The fraction of sp³-hybridized carbons (Fsp3) is 0.421. The molecule has 0 saturated carbocycles. The van der Waals surface area contributed by atoms with Crippen molar-refractivity contribution in [3.05, 3.63) is 40.6 Å². The fourth-order valence-corrected chi connectivity index (χ4v) is 3.19. The van der Waals surface area contributed by atoms with Crippen LogP contribution in [-0.2, 0) is 19.1 Å². The lowest BCUT2D eigenvalue weighted by molar-refractivity contribution is -0.222. The van der Waals surface area contributed by atoms with Gasteiger partial charge in [-0.3, -0.25) is 4.79 Å². The largest absolute Gasteiger partial charge is 0.419 e. The van der Waals surface area contributed by atoms with E-state index in [0.29, 0.717) is 29.4 Å². The molecule has 0 unspecified atom stereocenters. The van der Waals surface area contributed by atoms with Gasteiger partial charge in [0.15, 0.2) is 5.57 Å². The Hall–Kier alpha value is -2.54. The highest BCUT2D eigenvalue weighted by Crippen LogP contribution is 2.26. The van der Waals surface area contributed by atoms with E-state index in [2.05, 4.69) is 5.32 Å². The number of carbonyl (C=O) groups excluding carboxylic acids is 3. The van der Waals surface area contributed by atoms with Gasteiger partial charge in [-0.2, -0.15) is 0 Å². The van der Waals surface area contributed by atoms with Crippen LogP contribution >= 0.6 is 11.6 Å². The lowest BCUT2D eigenvalue weighted by Crippen LogP contribution is -2.42. The van der Waals surface area contributed by atoms with Crippen molar-refractivity contribution in [2.45, 2.75) is 38.9 Å². The van der Waals surface area contributed by atoms with Crippen LogP contribution in [0.3, 0.4) is 0 Å². The topological polar surface area (TPSA) is 84.9 Å². The number of likely N-dealkylation sites (tertiary alicyclic amines) is 1. The number of anilines is 1. The number of ether oxygens (including phenoxy) is 2. The Morgan fingerprint density at radius 1 is 1.15 bits per heavy atom. The van der Waals surface area contributed by atoms with Crippen LogP contribution in [0.1, 0.15) is 43.5 Å². The van der Waals surface area contributed by atoms with E-state index in [0.717, 1.165) is 19.3 Å². The van der Waals surface area contributed by atoms with E-state index in [-0.39, 0.29) is 11.5 Å². The van der Waals surface area contributed by atoms with E-state index < -0.39 is 17.7 Å². The fourth-order valence-electron chi connectivity index (χ4n) is 3.01. The Bertz CT molecular complexity index is 790. The summed E-state index contributed by atoms with van der Waals surface area (Å²) in [6, 6.07) is 4.82. The van der Waals surface area contributed by atoms with Crippen molar-refractivity contribution in [1.29, 1.82) is 0 Å². The van der Waals surface area contributed by atoms with Gasteiger partial charge in [-0.05, 0) is 37.5 Å². The molecule has 0 aliphatic carbocycles. The van der Waals surface area contributed by atoms with Crippen LogP contribution in [0, 0.1) is 0 Å². The summed E-state index contributed by atoms with van der Waals surface area (Å²) in [5.41, 5.74) is 0.535. The van der Waals surface area contributed by atoms with Gasteiger partial charge in [0.05, 0.1) is 11.3 Å². The predicted octanol–water partition coefficient (Wildman–Crippen LogP) is 3.10. The van der Waals surface area contributed by atoms with E-state index in [9.17, 15) is 14.4 Å². The maximum Gasteiger partial charge on any atom is 0.350 e. The van der Waals surface area contributed by atoms with Crippen molar-refractivity contribution in [2.75, 3.05) is 18.4 Å². The van der Waals surface area contributed by atoms with E-state index >= 15 is 0 Å². The number of cyclic esters (lactones) is 2. The Balaban J connectivity index is 1.84. The Morgan fingerprint density at radius 2 is 1.78 bits per heavy atom. The molecule has 2 aliphatic rings. The number of hydrogen-bond donors (Lipinski definition) is 1. The highest BCUT2D eigenvalue weighted by molar-refractivity contribution is 6.31. The van der Waals surface area contributed by atoms with Gasteiger partial charge < -0.3 is 19.7 Å². The number of nitrogens with one attached hydrogen (secondary N) is 1. The van der Waals surface area contributed by atoms with Gasteiger partial charge >= 0.3 is 11.9 Å². The smallest absolute Gasteiger partial charge is 0.350 e. The summed E-state index contributed by atoms with van der Waals surface area (Å²) >= 11 is 6.06. The first-order valence-corrected chi connectivity index (χ1v) is 9.17. The minimum atomic E-state index is -1.30. The SMILES string of the molecule is CC1(C)OC(=O)C(=CNc2ccc(Cl)cc2C(=O)N2CCCCC2)C(=O)O1. The standard InChI is InChI=1S/C19H21ClN2O5/c1-19(2)26-17(24)14(18(25)27-19)11-21-15-7-6-12(20)10-13(15)16(23)22-8-4-3-5-9-22/h6-7,10-11,21H,3-5,8-9H2,1-2H3. The van der Waals surface area contributed by atoms with Crippen LogP contribution in [0.15, 0.2) is 30.0 Å². The molecule has 2 fully saturated rings. The molecule has 27 heavy (non-hydrogen) atoms. The number of benzene rings is 1. The number of halogens is 1. The molecular weight excluding hydrogens is 372 g/mol. The van der Waals surface area contributed by atoms with Crippen molar-refractivity contribution in [1.82, 2.24) is 4.90 Å². The highest BCUT2D eigenvalue weighted by atomic mass is 35.5. The molecule has 1 aromatic rings. The first-order valence-electron chi connectivity index (χ1n) is 8.79. The number of piperidine rings is 1. The van der Waals surface area contributed by atoms with Gasteiger partial charge in [0.2, 0.25) is 0 Å². The van der Waals surface area contributed by atoms with E-state index in [4.69, 9.17) is 21.1 Å². The Labute approximate surface area is 162 Å². The molecule has 3 rings (SSSR count). The van der Waals surface area contributed by atoms with Crippen molar-refractivity contribution in [3.8, 4) is 0 Å². The van der Waals surface area contributed by atoms with Gasteiger partial charge in [-0.25, -0.2) is 9.59 Å². The predicted molar refractivity (Wildman–Crippen MR) is 99.2 cm³/mol. The summed E-state index contributed by atoms with van der Waals surface area (Å²) in [6.45, 7) is 4.34. The average Bonchev–Trinajstić information content (AvgIpc) is 2.61. The van der Waals surface area contributed by atoms with Gasteiger partial charge in [-0.15, -0.1) is 0 Å². The van der Waals surface area contributed by atoms with Crippen LogP contribution in [0.2, 0.25) is 5.02 Å². The van der Waals surface area contributed by atoms with Crippen molar-refractivity contribution in [3.63, 3.8) is 0 Å². The number of esters is 2. The van der Waals surface area contributed by atoms with E-state index in [1.807, 2.05) is 0 Å². The zero-order valence-electron chi connectivity index (χ0n) is 15.2. The zero-order chi connectivity index (χ0) is 19.6. The molecule has 8 heteroatoms. The number of carbonyl (C=O) groups is 3. The minimum Gasteiger partial charge on any atom is -0.419 e. The summed E-state index contributed by atoms with van der Waals surface area (Å²) in [4.78, 5) is 38.7. The summed E-state index contributed by atoms with van der Waals surface area (Å²) in [7, 11) is 0. The van der Waals surface area contributed by atoms with Gasteiger partial charge in [0.1, 0.15) is 0 Å². The molecule has 2 heterocycles. The molecule has 0 spiro atoms. The summed E-state index contributed by atoms with van der Waals surface area (Å²) < 4.78 is 10.1. The van der Waals surface area contributed by atoms with E-state index in [1.54, 1.807) is 23.1 Å². The van der Waals surface area contributed by atoms with Crippen molar-refractivity contribution >= 4 is 35.1 Å². The molecule has 144 valence electrons. The summed E-state index contributed by atoms with van der Waals surface area (Å²) in [5.74, 6) is -3.03. The van der Waals surface area contributed by atoms with Gasteiger partial charge in [0, 0.05) is 38.2 Å². The first-order chi connectivity index (χ1) is 12.8. The summed E-state index contributed by atoms with van der Waals surface area (Å²) in [6.07, 6.45) is 4.23. The lowest BCUT2D eigenvalue weighted by atomic mass is 10.1. The van der Waals surface area contributed by atoms with Crippen LogP contribution in [-0.4, -0.2) is 41.6 Å². The molecule has 1 aromatic carbocycles. The Kier molecular flexibility index (Phi) is 5.41. The number of hydrogen-bond acceptors (Lipinski definition) is 6. The second-order valence-electron chi connectivity index (χ2n) is 6.92. The van der Waals surface area contributed by atoms with Crippen molar-refractivity contribution in [2.24, 2.45) is 0 Å². The molecule has 2 aliphatic heterocycles. The third-order valence-corrected chi connectivity index (χ3v) is 4.58. The maximum absolute atomic E-state index is 12.9. The molecule has 1 amide bonds. The number of amides is 1. The molecular formula is C19H21ClN2O5. The zero-order valence-corrected chi connectivity index (χ0v) is 16.0. The normalized spacial score (nSPS) is 19.2. The van der Waals surface area contributed by atoms with Gasteiger partial charge in [-0.1, -0.05) is 11.6 Å². The van der Waals surface area contributed by atoms with Crippen LogP contribution < -0.4 is 5.32 Å². The number of rotatable bonds is 3. The molecule has 1 N–H and O–H groups in total. The molecule has 2 saturated heterocycles. The minimum absolute atomic E-state index is 0.145. The van der Waals surface area contributed by atoms with Crippen LogP contribution in [0.5, 0.6) is 0 Å². The van der Waals surface area contributed by atoms with E-state index in [1.165, 1.54) is 20.0 Å². The molecule has 0 bridgehead atoms. The van der Waals surface area contributed by atoms with Crippen molar-refractivity contribution < 1.29 is 23.9 Å². The first kappa shape index (κ1) is 19.2. The number of nitrogens with zero attached hydrogens (tertiary/aromatic N) is 1. The van der Waals surface area contributed by atoms with Gasteiger partial charge in [0.25, 0.3) is 11.7 Å². The van der Waals surface area contributed by atoms with Crippen LogP contribution in [0.4, 0.5) is 5.69 Å². The third kappa shape index (κ3) is 4.42. The molecule has 0 aromatic heterocycles. The molecule has 7 nitrogen and oxygen atoms in total. The quantitative estimate of drug-likeness (QED) is 0.483. The second kappa shape index (κ2) is 7.60. The lowest BCUT2D eigenvalue weighted by Gasteiger charge is -2.30. The highest BCUT2D eigenvalue weighted by Gasteiger charge is 2.39. The molecule has 0 radical (unpaired) electrons.